The van der Waals surface area contributed by atoms with E-state index in [1.807, 2.05) is 19.1 Å². The molecule has 2 aromatic carbocycles. The van der Waals surface area contributed by atoms with Crippen LogP contribution in [0.25, 0.3) is 6.08 Å². The summed E-state index contributed by atoms with van der Waals surface area (Å²) < 4.78 is 5.35. The molecule has 138 valence electrons. The number of amides is 2. The van der Waals surface area contributed by atoms with Crippen LogP contribution in [-0.2, 0) is 9.59 Å². The lowest BCUT2D eigenvalue weighted by atomic mass is 10.1. The quantitative estimate of drug-likeness (QED) is 0.483. The van der Waals surface area contributed by atoms with Crippen molar-refractivity contribution in [3.63, 3.8) is 0 Å². The van der Waals surface area contributed by atoms with Crippen LogP contribution in [0.1, 0.15) is 18.1 Å². The molecule has 0 spiro atoms. The van der Waals surface area contributed by atoms with Gasteiger partial charge in [-0.2, -0.15) is 0 Å². The molecule has 7 heteroatoms. The fraction of sp³-hybridized carbons (Fsp3) is 0.150. The van der Waals surface area contributed by atoms with Gasteiger partial charge in [0.05, 0.1) is 12.3 Å². The number of carbonyl (C=O) groups is 2. The molecule has 0 bridgehead atoms. The zero-order valence-electron chi connectivity index (χ0n) is 14.9. The molecular weight excluding hydrogens is 364 g/mol. The van der Waals surface area contributed by atoms with Crippen molar-refractivity contribution in [3.8, 4) is 11.5 Å². The summed E-state index contributed by atoms with van der Waals surface area (Å²) in [7, 11) is 0. The van der Waals surface area contributed by atoms with Crippen molar-refractivity contribution in [1.82, 2.24) is 5.32 Å². The van der Waals surface area contributed by atoms with E-state index in [-0.39, 0.29) is 22.2 Å². The van der Waals surface area contributed by atoms with Gasteiger partial charge in [-0.15, -0.1) is 0 Å². The fourth-order valence-electron chi connectivity index (χ4n) is 2.75. The standard InChI is InChI=1S/C20H18N2O4S/c1-3-26-17-11-13(8-9-16(17)23)10-14-18(24)21-20(27)22(19(14)25)15-7-5-4-6-12(15)2/h4-11,23H,3H2,1-2H3,(H,21,24,27)/b14-10+. The third-order valence-corrected chi connectivity index (χ3v) is 4.34. The van der Waals surface area contributed by atoms with Crippen LogP contribution in [0.3, 0.4) is 0 Å². The van der Waals surface area contributed by atoms with Gasteiger partial charge in [-0.3, -0.25) is 19.8 Å². The first-order valence-electron chi connectivity index (χ1n) is 8.35. The lowest BCUT2D eigenvalue weighted by Gasteiger charge is -2.30. The van der Waals surface area contributed by atoms with Gasteiger partial charge in [0.15, 0.2) is 16.6 Å². The average molecular weight is 382 g/mol. The maximum atomic E-state index is 13.0. The van der Waals surface area contributed by atoms with Gasteiger partial charge in [0.1, 0.15) is 5.57 Å². The van der Waals surface area contributed by atoms with E-state index >= 15 is 0 Å². The maximum Gasteiger partial charge on any atom is 0.270 e. The van der Waals surface area contributed by atoms with E-state index < -0.39 is 11.8 Å². The predicted molar refractivity (Wildman–Crippen MR) is 107 cm³/mol. The van der Waals surface area contributed by atoms with Gasteiger partial charge >= 0.3 is 0 Å². The molecule has 6 nitrogen and oxygen atoms in total. The van der Waals surface area contributed by atoms with E-state index in [9.17, 15) is 14.7 Å². The molecule has 0 aliphatic carbocycles. The molecule has 1 saturated heterocycles. The topological polar surface area (TPSA) is 78.9 Å². The minimum Gasteiger partial charge on any atom is -0.504 e. The number of ether oxygens (including phenoxy) is 1. The molecule has 1 heterocycles. The summed E-state index contributed by atoms with van der Waals surface area (Å²) in [6.07, 6.45) is 1.45. The van der Waals surface area contributed by atoms with Crippen LogP contribution in [0, 0.1) is 6.92 Å². The highest BCUT2D eigenvalue weighted by molar-refractivity contribution is 7.80. The van der Waals surface area contributed by atoms with Crippen LogP contribution >= 0.6 is 12.2 Å². The first-order chi connectivity index (χ1) is 12.9. The van der Waals surface area contributed by atoms with Crippen molar-refractivity contribution in [1.29, 1.82) is 0 Å². The summed E-state index contributed by atoms with van der Waals surface area (Å²) >= 11 is 5.21. The van der Waals surface area contributed by atoms with Crippen LogP contribution < -0.4 is 15.0 Å². The number of para-hydroxylation sites is 1. The number of phenols is 1. The Labute approximate surface area is 162 Å². The number of rotatable bonds is 4. The first-order valence-corrected chi connectivity index (χ1v) is 8.76. The summed E-state index contributed by atoms with van der Waals surface area (Å²) in [4.78, 5) is 26.7. The van der Waals surface area contributed by atoms with Crippen molar-refractivity contribution in [3.05, 3.63) is 59.2 Å². The van der Waals surface area contributed by atoms with Gasteiger partial charge in [-0.25, -0.2) is 0 Å². The zero-order chi connectivity index (χ0) is 19.6. The van der Waals surface area contributed by atoms with E-state index in [4.69, 9.17) is 17.0 Å². The third-order valence-electron chi connectivity index (χ3n) is 4.05. The van der Waals surface area contributed by atoms with Gasteiger partial charge in [0, 0.05) is 0 Å². The zero-order valence-corrected chi connectivity index (χ0v) is 15.7. The number of thiocarbonyl (C=S) groups is 1. The number of aryl methyl sites for hydroxylation is 1. The van der Waals surface area contributed by atoms with Crippen molar-refractivity contribution >= 4 is 40.9 Å². The Bertz CT molecular complexity index is 968. The smallest absolute Gasteiger partial charge is 0.270 e. The number of hydrogen-bond acceptors (Lipinski definition) is 5. The van der Waals surface area contributed by atoms with Crippen molar-refractivity contribution in [2.45, 2.75) is 13.8 Å². The number of aromatic hydroxyl groups is 1. The molecule has 1 fully saturated rings. The SMILES string of the molecule is CCOc1cc(/C=C2\C(=O)NC(=S)N(c3ccccc3C)C2=O)ccc1O. The molecule has 3 rings (SSSR count). The number of phenolic OH excluding ortho intramolecular Hbond substituents is 1. The van der Waals surface area contributed by atoms with E-state index in [2.05, 4.69) is 5.32 Å². The van der Waals surface area contributed by atoms with Gasteiger partial charge < -0.3 is 9.84 Å². The molecule has 27 heavy (non-hydrogen) atoms. The minimum absolute atomic E-state index is 0.0128. The van der Waals surface area contributed by atoms with Crippen LogP contribution in [0.2, 0.25) is 0 Å². The number of hydrogen-bond donors (Lipinski definition) is 2. The van der Waals surface area contributed by atoms with E-state index in [0.717, 1.165) is 5.56 Å². The summed E-state index contributed by atoms with van der Waals surface area (Å²) in [6.45, 7) is 4.03. The Morgan fingerprint density at radius 3 is 2.67 bits per heavy atom. The van der Waals surface area contributed by atoms with E-state index in [0.29, 0.717) is 17.9 Å². The normalized spacial score (nSPS) is 15.9. The second-order valence-corrected chi connectivity index (χ2v) is 6.29. The van der Waals surface area contributed by atoms with Crippen molar-refractivity contribution in [2.24, 2.45) is 0 Å². The number of nitrogens with zero attached hydrogens (tertiary/aromatic N) is 1. The molecule has 2 amide bonds. The molecule has 0 saturated carbocycles. The molecule has 0 radical (unpaired) electrons. The Morgan fingerprint density at radius 2 is 1.96 bits per heavy atom. The van der Waals surface area contributed by atoms with E-state index in [1.165, 1.54) is 17.0 Å². The first kappa shape index (κ1) is 18.6. The Hall–Kier alpha value is -3.19. The van der Waals surface area contributed by atoms with Crippen LogP contribution in [0.5, 0.6) is 11.5 Å². The maximum absolute atomic E-state index is 13.0. The summed E-state index contributed by atoms with van der Waals surface area (Å²) in [5.41, 5.74) is 1.96. The molecule has 1 aliphatic heterocycles. The van der Waals surface area contributed by atoms with Gasteiger partial charge in [0.2, 0.25) is 0 Å². The summed E-state index contributed by atoms with van der Waals surface area (Å²) in [5.74, 6) is -0.812. The van der Waals surface area contributed by atoms with Crippen molar-refractivity contribution in [2.75, 3.05) is 11.5 Å². The Balaban J connectivity index is 2.02. The lowest BCUT2D eigenvalue weighted by Crippen LogP contribution is -2.54. The van der Waals surface area contributed by atoms with Crippen LogP contribution in [0.15, 0.2) is 48.0 Å². The highest BCUT2D eigenvalue weighted by Crippen LogP contribution is 2.29. The number of anilines is 1. The van der Waals surface area contributed by atoms with Gasteiger partial charge in [-0.1, -0.05) is 24.3 Å². The van der Waals surface area contributed by atoms with Gasteiger partial charge in [0.25, 0.3) is 11.8 Å². The Kier molecular flexibility index (Phi) is 5.23. The largest absolute Gasteiger partial charge is 0.504 e. The van der Waals surface area contributed by atoms with Crippen molar-refractivity contribution < 1.29 is 19.4 Å². The summed E-state index contributed by atoms with van der Waals surface area (Å²) in [5, 5.41) is 12.4. The van der Waals surface area contributed by atoms with E-state index in [1.54, 1.807) is 31.2 Å². The molecule has 0 unspecified atom stereocenters. The highest BCUT2D eigenvalue weighted by atomic mass is 32.1. The van der Waals surface area contributed by atoms with Crippen LogP contribution in [-0.4, -0.2) is 28.6 Å². The minimum atomic E-state index is -0.569. The average Bonchev–Trinajstić information content (AvgIpc) is 2.63. The summed E-state index contributed by atoms with van der Waals surface area (Å²) in [6, 6.07) is 11.9. The lowest BCUT2D eigenvalue weighted by molar-refractivity contribution is -0.122. The fourth-order valence-corrected chi connectivity index (χ4v) is 3.02. The molecule has 2 aromatic rings. The predicted octanol–water partition coefficient (Wildman–Crippen LogP) is 2.93. The van der Waals surface area contributed by atoms with Crippen LogP contribution in [0.4, 0.5) is 5.69 Å². The second kappa shape index (κ2) is 7.59. The molecule has 0 atom stereocenters. The molecule has 2 N–H and O–H groups in total. The molecular formula is C20H18N2O4S. The van der Waals surface area contributed by atoms with Gasteiger partial charge in [-0.05, 0) is 61.5 Å². The monoisotopic (exact) mass is 382 g/mol. The third kappa shape index (κ3) is 3.68. The second-order valence-electron chi connectivity index (χ2n) is 5.90. The number of nitrogens with one attached hydrogen (secondary N) is 1. The Morgan fingerprint density at radius 1 is 1.22 bits per heavy atom. The molecule has 0 aromatic heterocycles. The molecule has 1 aliphatic rings. The highest BCUT2D eigenvalue weighted by Gasteiger charge is 2.35. The number of benzene rings is 2. The number of carbonyl (C=O) groups excluding carboxylic acids is 2.